The van der Waals surface area contributed by atoms with Gasteiger partial charge in [0.25, 0.3) is 0 Å². The van der Waals surface area contributed by atoms with Crippen LogP contribution in [0.15, 0.2) is 134 Å². The lowest BCUT2D eigenvalue weighted by Gasteiger charge is -2.26. The van der Waals surface area contributed by atoms with Gasteiger partial charge in [-0.2, -0.15) is 0 Å². The number of carbonyl (C=O) groups excluding carboxylic acids is 3. The van der Waals surface area contributed by atoms with Gasteiger partial charge in [-0.05, 0) is 96.3 Å². The molecule has 0 aromatic rings. The number of nitrogens with zero attached hydrogens (tertiary/aromatic N) is 1. The van der Waals surface area contributed by atoms with Crippen molar-refractivity contribution in [2.75, 3.05) is 47.5 Å². The molecule has 0 rings (SSSR count). The number of carbonyl (C=O) groups is 3. The second kappa shape index (κ2) is 68.3. The van der Waals surface area contributed by atoms with Gasteiger partial charge in [0, 0.05) is 12.8 Å². The molecule has 2 unspecified atom stereocenters. The average Bonchev–Trinajstić information content (AvgIpc) is 3.52. The fourth-order valence-corrected chi connectivity index (χ4v) is 9.72. The summed E-state index contributed by atoms with van der Waals surface area (Å²) < 4.78 is 22.8. The highest BCUT2D eigenvalue weighted by molar-refractivity contribution is 5.70. The van der Waals surface area contributed by atoms with E-state index >= 15 is 0 Å². The minimum Gasteiger partial charge on any atom is -0.545 e. The first-order valence-corrected chi connectivity index (χ1v) is 35.8. The van der Waals surface area contributed by atoms with Crippen LogP contribution in [0, 0.1) is 0 Å². The molecule has 502 valence electrons. The van der Waals surface area contributed by atoms with E-state index in [0.717, 1.165) is 122 Å². The summed E-state index contributed by atoms with van der Waals surface area (Å²) in [6, 6.07) is 0. The minimum absolute atomic E-state index is 0.139. The lowest BCUT2D eigenvalue weighted by atomic mass is 10.0. The first kappa shape index (κ1) is 83.4. The number of carboxylic acid groups (broad SMARTS) is 1. The van der Waals surface area contributed by atoms with Crippen molar-refractivity contribution in [2.45, 2.75) is 302 Å². The molecule has 88 heavy (non-hydrogen) atoms. The molecule has 2 atom stereocenters. The zero-order valence-electron chi connectivity index (χ0n) is 57.3. The van der Waals surface area contributed by atoms with Crippen molar-refractivity contribution >= 4 is 17.9 Å². The van der Waals surface area contributed by atoms with Gasteiger partial charge in [0.05, 0.1) is 40.3 Å². The third-order valence-electron chi connectivity index (χ3n) is 15.2. The Labute approximate surface area is 541 Å². The van der Waals surface area contributed by atoms with E-state index in [1.54, 1.807) is 0 Å². The first-order chi connectivity index (χ1) is 43.1. The predicted molar refractivity (Wildman–Crippen MR) is 375 cm³/mol. The normalized spacial score (nSPS) is 13.5. The van der Waals surface area contributed by atoms with Gasteiger partial charge >= 0.3 is 11.9 Å². The van der Waals surface area contributed by atoms with Gasteiger partial charge in [-0.3, -0.25) is 9.59 Å². The summed E-state index contributed by atoms with van der Waals surface area (Å²) in [5, 5.41) is 11.8. The molecule has 0 spiro atoms. The Hall–Kier alpha value is -4.57. The molecule has 0 aliphatic carbocycles. The van der Waals surface area contributed by atoms with Gasteiger partial charge < -0.3 is 33.3 Å². The van der Waals surface area contributed by atoms with Crippen LogP contribution in [-0.2, 0) is 33.3 Å². The number of ether oxygens (including phenoxy) is 4. The van der Waals surface area contributed by atoms with Gasteiger partial charge in [0.1, 0.15) is 13.2 Å². The van der Waals surface area contributed by atoms with E-state index in [9.17, 15) is 19.5 Å². The summed E-state index contributed by atoms with van der Waals surface area (Å²) in [7, 11) is 5.92. The number of esters is 2. The molecule has 0 heterocycles. The third-order valence-corrected chi connectivity index (χ3v) is 15.2. The van der Waals surface area contributed by atoms with E-state index in [0.29, 0.717) is 17.4 Å². The van der Waals surface area contributed by atoms with Crippen LogP contribution < -0.4 is 5.11 Å². The largest absolute Gasteiger partial charge is 0.545 e. The van der Waals surface area contributed by atoms with Gasteiger partial charge in [0.15, 0.2) is 12.4 Å². The molecule has 0 N–H and O–H groups in total. The summed E-state index contributed by atoms with van der Waals surface area (Å²) in [6.07, 6.45) is 95.3. The Morgan fingerprint density at radius 1 is 0.352 bits per heavy atom. The summed E-state index contributed by atoms with van der Waals surface area (Å²) in [4.78, 5) is 37.5. The average molecular weight is 1220 g/mol. The number of quaternary nitrogens is 1. The number of aliphatic carboxylic acids is 1. The van der Waals surface area contributed by atoms with Crippen LogP contribution in [0.2, 0.25) is 0 Å². The molecule has 0 aromatic heterocycles. The van der Waals surface area contributed by atoms with E-state index < -0.39 is 24.3 Å². The lowest BCUT2D eigenvalue weighted by molar-refractivity contribution is -0.870. The monoisotopic (exact) mass is 1220 g/mol. The smallest absolute Gasteiger partial charge is 0.306 e. The van der Waals surface area contributed by atoms with E-state index in [1.807, 2.05) is 21.1 Å². The van der Waals surface area contributed by atoms with Crippen LogP contribution >= 0.6 is 0 Å². The summed E-state index contributed by atoms with van der Waals surface area (Å²) in [5.74, 6) is -2.31. The molecular weight excluding hydrogens is 1090 g/mol. The Balaban J connectivity index is 4.20. The second-order valence-corrected chi connectivity index (χ2v) is 24.8. The minimum atomic E-state index is -1.63. The highest BCUT2D eigenvalue weighted by atomic mass is 16.7. The zero-order chi connectivity index (χ0) is 64.0. The number of hydrogen-bond acceptors (Lipinski definition) is 8. The SMILES string of the molecule is CC/C=C\C/C=C\C/C=C\C/C=C\C/C=C\C/C=C\C/C=C\C/C=C\C/C=C\C/C=C\C/C=C\CCCCCCCC(=O)OC(COC(=O)CCCCCCCCCCCCCCCCCCCCCCCCCC)COC(OCC[N+](C)(C)C)C(=O)[O-]. The molecule has 0 saturated heterocycles. The molecule has 0 aromatic carbocycles. The van der Waals surface area contributed by atoms with Crippen LogP contribution in [-0.4, -0.2) is 82.3 Å². The van der Waals surface area contributed by atoms with Crippen molar-refractivity contribution in [1.29, 1.82) is 0 Å². The summed E-state index contributed by atoms with van der Waals surface area (Å²) >= 11 is 0. The van der Waals surface area contributed by atoms with Gasteiger partial charge in [-0.25, -0.2) is 0 Å². The number of carboxylic acids is 1. The van der Waals surface area contributed by atoms with Crippen LogP contribution in [0.25, 0.3) is 0 Å². The van der Waals surface area contributed by atoms with Crippen molar-refractivity contribution in [2.24, 2.45) is 0 Å². The highest BCUT2D eigenvalue weighted by Gasteiger charge is 2.22. The Bertz CT molecular complexity index is 1910. The predicted octanol–water partition coefficient (Wildman–Crippen LogP) is 21.2. The Morgan fingerprint density at radius 2 is 0.648 bits per heavy atom. The van der Waals surface area contributed by atoms with E-state index in [-0.39, 0.29) is 38.6 Å². The van der Waals surface area contributed by atoms with Gasteiger partial charge in [0.2, 0.25) is 0 Å². The van der Waals surface area contributed by atoms with Crippen LogP contribution in [0.1, 0.15) is 290 Å². The van der Waals surface area contributed by atoms with Crippen molar-refractivity contribution < 1.29 is 42.9 Å². The van der Waals surface area contributed by atoms with Crippen molar-refractivity contribution in [3.05, 3.63) is 134 Å². The molecule has 0 saturated carbocycles. The molecular formula is C79H133NO8. The first-order valence-electron chi connectivity index (χ1n) is 35.8. The fourth-order valence-electron chi connectivity index (χ4n) is 9.72. The molecule has 0 bridgehead atoms. The Kier molecular flexibility index (Phi) is 64.8. The standard InChI is InChI=1S/C79H133NO8/c1-6-8-10-12-14-16-18-20-22-24-26-28-30-32-33-34-35-36-37-38-39-40-41-42-43-44-45-46-48-50-52-54-56-58-60-62-64-66-68-70-77(82)88-75(74-87-79(78(83)84)85-72-71-80(3,4)5)73-86-76(81)69-67-65-63-61-59-57-55-53-51-49-47-31-29-27-25-23-21-19-17-15-13-11-9-7-2/h8,10,14,16,20,22,26,28,32-33,35-36,38-39,41-42,44-45,48,50,54,56,75,79H,6-7,9,11-13,15,17-19,21,23-25,27,29-31,34,37,40,43,46-47,49,51-53,55,57-74H2,1-5H3/b10-8-,16-14-,22-20-,28-26-,33-32-,36-35-,39-38-,42-41-,45-44-,50-48-,56-54-. The summed E-state index contributed by atoms with van der Waals surface area (Å²) in [5.41, 5.74) is 0. The maximum absolute atomic E-state index is 12.9. The van der Waals surface area contributed by atoms with E-state index in [4.69, 9.17) is 18.9 Å². The van der Waals surface area contributed by atoms with Crippen molar-refractivity contribution in [3.8, 4) is 0 Å². The molecule has 0 amide bonds. The van der Waals surface area contributed by atoms with E-state index in [1.165, 1.54) is 135 Å². The van der Waals surface area contributed by atoms with E-state index in [2.05, 4.69) is 148 Å². The number of likely N-dealkylation sites (N-methyl/N-ethyl adjacent to an activating group) is 1. The summed E-state index contributed by atoms with van der Waals surface area (Å²) in [6.45, 7) is 4.63. The third kappa shape index (κ3) is 68.9. The van der Waals surface area contributed by atoms with Crippen LogP contribution in [0.4, 0.5) is 0 Å². The maximum Gasteiger partial charge on any atom is 0.306 e. The fraction of sp³-hybridized carbons (Fsp3) is 0.684. The quantitative estimate of drug-likeness (QED) is 0.0195. The van der Waals surface area contributed by atoms with Gasteiger partial charge in [-0.1, -0.05) is 314 Å². The van der Waals surface area contributed by atoms with Crippen LogP contribution in [0.5, 0.6) is 0 Å². The molecule has 9 heteroatoms. The van der Waals surface area contributed by atoms with Crippen molar-refractivity contribution in [1.82, 2.24) is 0 Å². The maximum atomic E-state index is 12.9. The number of hydrogen-bond donors (Lipinski definition) is 0. The number of unbranched alkanes of at least 4 members (excludes halogenated alkanes) is 28. The molecule has 9 nitrogen and oxygen atoms in total. The van der Waals surface area contributed by atoms with Crippen LogP contribution in [0.3, 0.4) is 0 Å². The lowest BCUT2D eigenvalue weighted by Crippen LogP contribution is -2.44. The number of rotatable bonds is 65. The molecule has 0 fully saturated rings. The van der Waals surface area contributed by atoms with Crippen molar-refractivity contribution in [3.63, 3.8) is 0 Å². The molecule has 0 aliphatic heterocycles. The highest BCUT2D eigenvalue weighted by Crippen LogP contribution is 2.17. The zero-order valence-corrected chi connectivity index (χ0v) is 57.3. The van der Waals surface area contributed by atoms with Gasteiger partial charge in [-0.15, -0.1) is 0 Å². The number of allylic oxidation sites excluding steroid dienone is 22. The topological polar surface area (TPSA) is 111 Å². The second-order valence-electron chi connectivity index (χ2n) is 24.8. The molecule has 0 radical (unpaired) electrons. The molecule has 0 aliphatic rings. The Morgan fingerprint density at radius 3 is 0.966 bits per heavy atom.